The van der Waals surface area contributed by atoms with Gasteiger partial charge in [0.1, 0.15) is 0 Å². The molecule has 3 heteroatoms. The number of halogens is 1. The molecule has 0 fully saturated rings. The highest BCUT2D eigenvalue weighted by molar-refractivity contribution is 6.31. The highest BCUT2D eigenvalue weighted by atomic mass is 35.5. The molecule has 0 saturated heterocycles. The smallest absolute Gasteiger partial charge is 0.0498 e. The SMILES string of the molecule is CCC1c2[nH]c3ccc(Cl)cc3c2CCN1CC. The summed E-state index contributed by atoms with van der Waals surface area (Å²) >= 11 is 6.12. The average molecular weight is 263 g/mol. The van der Waals surface area contributed by atoms with E-state index in [1.165, 1.54) is 22.2 Å². The second-order valence-corrected chi connectivity index (χ2v) is 5.45. The number of hydrogen-bond acceptors (Lipinski definition) is 1. The Balaban J connectivity index is 2.17. The Kier molecular flexibility index (Phi) is 3.08. The quantitative estimate of drug-likeness (QED) is 0.861. The number of likely N-dealkylation sites (N-methyl/N-ethyl adjacent to an activating group) is 1. The highest BCUT2D eigenvalue weighted by Gasteiger charge is 2.27. The van der Waals surface area contributed by atoms with Gasteiger partial charge in [-0.15, -0.1) is 0 Å². The van der Waals surface area contributed by atoms with E-state index >= 15 is 0 Å². The summed E-state index contributed by atoms with van der Waals surface area (Å²) < 4.78 is 0. The van der Waals surface area contributed by atoms with E-state index < -0.39 is 0 Å². The zero-order valence-corrected chi connectivity index (χ0v) is 11.7. The van der Waals surface area contributed by atoms with Crippen LogP contribution in [0.2, 0.25) is 5.02 Å². The summed E-state index contributed by atoms with van der Waals surface area (Å²) in [5, 5.41) is 2.14. The van der Waals surface area contributed by atoms with E-state index in [0.717, 1.165) is 31.0 Å². The van der Waals surface area contributed by atoms with Gasteiger partial charge in [0, 0.05) is 34.2 Å². The lowest BCUT2D eigenvalue weighted by Crippen LogP contribution is -2.34. The van der Waals surface area contributed by atoms with Crippen molar-refractivity contribution in [2.75, 3.05) is 13.1 Å². The van der Waals surface area contributed by atoms with Gasteiger partial charge in [-0.3, -0.25) is 4.90 Å². The number of benzene rings is 1. The summed E-state index contributed by atoms with van der Waals surface area (Å²) in [4.78, 5) is 6.16. The molecule has 0 saturated carbocycles. The predicted molar refractivity (Wildman–Crippen MR) is 77.3 cm³/mol. The Hall–Kier alpha value is -0.990. The van der Waals surface area contributed by atoms with Crippen molar-refractivity contribution in [2.45, 2.75) is 32.7 Å². The molecule has 0 bridgehead atoms. The zero-order valence-electron chi connectivity index (χ0n) is 11.0. The van der Waals surface area contributed by atoms with Crippen LogP contribution in [0.15, 0.2) is 18.2 Å². The Morgan fingerprint density at radius 1 is 1.39 bits per heavy atom. The first-order valence-corrected chi connectivity index (χ1v) is 7.16. The van der Waals surface area contributed by atoms with Crippen molar-refractivity contribution >= 4 is 22.5 Å². The monoisotopic (exact) mass is 262 g/mol. The minimum atomic E-state index is 0.532. The van der Waals surface area contributed by atoms with Crippen LogP contribution in [0.1, 0.15) is 37.6 Å². The molecule has 1 unspecified atom stereocenters. The van der Waals surface area contributed by atoms with Crippen LogP contribution < -0.4 is 0 Å². The summed E-state index contributed by atoms with van der Waals surface area (Å²) in [5.41, 5.74) is 4.10. The molecule has 0 radical (unpaired) electrons. The number of nitrogens with one attached hydrogen (secondary N) is 1. The molecular formula is C15H19ClN2. The summed E-state index contributed by atoms with van der Waals surface area (Å²) in [7, 11) is 0. The molecule has 18 heavy (non-hydrogen) atoms. The average Bonchev–Trinajstić information content (AvgIpc) is 2.75. The molecule has 2 aromatic rings. The minimum Gasteiger partial charge on any atom is -0.357 e. The number of aromatic amines is 1. The number of aromatic nitrogens is 1. The van der Waals surface area contributed by atoms with Crippen LogP contribution in [0.5, 0.6) is 0 Å². The maximum Gasteiger partial charge on any atom is 0.0498 e. The third-order valence-electron chi connectivity index (χ3n) is 4.12. The lowest BCUT2D eigenvalue weighted by atomic mass is 9.96. The number of nitrogens with zero attached hydrogens (tertiary/aromatic N) is 1. The molecule has 0 aliphatic carbocycles. The summed E-state index contributed by atoms with van der Waals surface area (Å²) in [5.74, 6) is 0. The molecule has 96 valence electrons. The van der Waals surface area contributed by atoms with Gasteiger partial charge in [0.2, 0.25) is 0 Å². The minimum absolute atomic E-state index is 0.532. The molecule has 3 rings (SSSR count). The van der Waals surface area contributed by atoms with Crippen LogP contribution in [-0.2, 0) is 6.42 Å². The van der Waals surface area contributed by atoms with Crippen LogP contribution >= 0.6 is 11.6 Å². The number of rotatable bonds is 2. The Morgan fingerprint density at radius 2 is 2.22 bits per heavy atom. The van der Waals surface area contributed by atoms with Gasteiger partial charge in [-0.2, -0.15) is 0 Å². The number of H-pyrrole nitrogens is 1. The third kappa shape index (κ3) is 1.75. The molecule has 1 aliphatic heterocycles. The topological polar surface area (TPSA) is 19.0 Å². The Bertz CT molecular complexity index is 573. The van der Waals surface area contributed by atoms with Crippen LogP contribution in [0.4, 0.5) is 0 Å². The van der Waals surface area contributed by atoms with E-state index in [-0.39, 0.29) is 0 Å². The van der Waals surface area contributed by atoms with Gasteiger partial charge in [-0.25, -0.2) is 0 Å². The van der Waals surface area contributed by atoms with Crippen molar-refractivity contribution in [3.8, 4) is 0 Å². The van der Waals surface area contributed by atoms with Crippen LogP contribution in [0, 0.1) is 0 Å². The maximum absolute atomic E-state index is 6.12. The molecule has 0 spiro atoms. The molecule has 1 atom stereocenters. The van der Waals surface area contributed by atoms with Gasteiger partial charge in [-0.1, -0.05) is 25.4 Å². The van der Waals surface area contributed by atoms with Crippen molar-refractivity contribution in [2.24, 2.45) is 0 Å². The van der Waals surface area contributed by atoms with Gasteiger partial charge in [-0.05, 0) is 43.1 Å². The fraction of sp³-hybridized carbons (Fsp3) is 0.467. The van der Waals surface area contributed by atoms with Gasteiger partial charge >= 0.3 is 0 Å². The van der Waals surface area contributed by atoms with Gasteiger partial charge in [0.05, 0.1) is 0 Å². The molecule has 2 nitrogen and oxygen atoms in total. The normalized spacial score (nSPS) is 20.3. The maximum atomic E-state index is 6.12. The van der Waals surface area contributed by atoms with Crippen molar-refractivity contribution in [3.63, 3.8) is 0 Å². The molecule has 1 aromatic heterocycles. The Labute approximate surface area is 113 Å². The highest BCUT2D eigenvalue weighted by Crippen LogP contribution is 2.36. The fourth-order valence-corrected chi connectivity index (χ4v) is 3.40. The summed E-state index contributed by atoms with van der Waals surface area (Å²) in [6.45, 7) is 6.78. The zero-order chi connectivity index (χ0) is 12.7. The first-order chi connectivity index (χ1) is 8.74. The molecule has 1 aromatic carbocycles. The number of fused-ring (bicyclic) bond motifs is 3. The van der Waals surface area contributed by atoms with Gasteiger partial charge in [0.25, 0.3) is 0 Å². The van der Waals surface area contributed by atoms with E-state index in [4.69, 9.17) is 11.6 Å². The number of hydrogen-bond donors (Lipinski definition) is 1. The third-order valence-corrected chi connectivity index (χ3v) is 4.35. The second-order valence-electron chi connectivity index (χ2n) is 5.01. The van der Waals surface area contributed by atoms with E-state index in [1.54, 1.807) is 0 Å². The predicted octanol–water partition coefficient (Wildman–Crippen LogP) is 4.15. The fourth-order valence-electron chi connectivity index (χ4n) is 3.23. The van der Waals surface area contributed by atoms with Gasteiger partial charge in [0.15, 0.2) is 0 Å². The van der Waals surface area contributed by atoms with E-state index in [2.05, 4.69) is 35.9 Å². The van der Waals surface area contributed by atoms with Gasteiger partial charge < -0.3 is 4.98 Å². The first kappa shape index (κ1) is 12.1. The van der Waals surface area contributed by atoms with E-state index in [9.17, 15) is 0 Å². The molecular weight excluding hydrogens is 244 g/mol. The van der Waals surface area contributed by atoms with E-state index in [0.29, 0.717) is 6.04 Å². The first-order valence-electron chi connectivity index (χ1n) is 6.78. The molecule has 1 N–H and O–H groups in total. The molecule has 0 amide bonds. The van der Waals surface area contributed by atoms with Crippen LogP contribution in [-0.4, -0.2) is 23.0 Å². The van der Waals surface area contributed by atoms with Crippen LogP contribution in [0.3, 0.4) is 0 Å². The second kappa shape index (κ2) is 4.60. The molecule has 2 heterocycles. The summed E-state index contributed by atoms with van der Waals surface area (Å²) in [6.07, 6.45) is 2.28. The lowest BCUT2D eigenvalue weighted by Gasteiger charge is -2.34. The van der Waals surface area contributed by atoms with Crippen LogP contribution in [0.25, 0.3) is 10.9 Å². The lowest BCUT2D eigenvalue weighted by molar-refractivity contribution is 0.187. The summed E-state index contributed by atoms with van der Waals surface area (Å²) in [6, 6.07) is 6.69. The molecule has 1 aliphatic rings. The Morgan fingerprint density at radius 3 is 2.94 bits per heavy atom. The van der Waals surface area contributed by atoms with Crippen molar-refractivity contribution in [1.82, 2.24) is 9.88 Å². The largest absolute Gasteiger partial charge is 0.357 e. The van der Waals surface area contributed by atoms with Crippen molar-refractivity contribution in [3.05, 3.63) is 34.5 Å². The van der Waals surface area contributed by atoms with Crippen molar-refractivity contribution < 1.29 is 0 Å². The standard InChI is InChI=1S/C15H19ClN2/c1-3-14-15-11(7-8-18(14)4-2)12-9-10(16)5-6-13(12)17-15/h5-6,9,14,17H,3-4,7-8H2,1-2H3. The van der Waals surface area contributed by atoms with E-state index in [1.807, 2.05) is 6.07 Å². The van der Waals surface area contributed by atoms with Crippen molar-refractivity contribution in [1.29, 1.82) is 0 Å².